The third-order valence-corrected chi connectivity index (χ3v) is 5.85. The van der Waals surface area contributed by atoms with Crippen LogP contribution in [-0.4, -0.2) is 48.5 Å². The van der Waals surface area contributed by atoms with E-state index < -0.39 is 5.92 Å². The molecule has 2 aliphatic heterocycles. The van der Waals surface area contributed by atoms with E-state index in [1.807, 2.05) is 12.1 Å². The molecule has 30 heavy (non-hydrogen) atoms. The number of amides is 2. The van der Waals surface area contributed by atoms with Gasteiger partial charge in [0.1, 0.15) is 5.75 Å². The van der Waals surface area contributed by atoms with Gasteiger partial charge in [0.25, 0.3) is 0 Å². The number of hydrogen-bond donors (Lipinski definition) is 1. The van der Waals surface area contributed by atoms with Gasteiger partial charge in [-0.25, -0.2) is 9.97 Å². The summed E-state index contributed by atoms with van der Waals surface area (Å²) in [5.41, 5.74) is 1.31. The number of nitrogens with one attached hydrogen (secondary N) is 1. The van der Waals surface area contributed by atoms with Gasteiger partial charge in [0.2, 0.25) is 17.8 Å². The van der Waals surface area contributed by atoms with Gasteiger partial charge in [-0.05, 0) is 43.0 Å². The summed E-state index contributed by atoms with van der Waals surface area (Å²) in [5.74, 6) is 1.49. The second-order valence-corrected chi connectivity index (χ2v) is 8.03. The summed E-state index contributed by atoms with van der Waals surface area (Å²) in [6.45, 7) is 4.53. The molecule has 2 fully saturated rings. The van der Waals surface area contributed by atoms with Crippen molar-refractivity contribution in [3.05, 3.63) is 36.7 Å². The van der Waals surface area contributed by atoms with Crippen LogP contribution in [0.5, 0.6) is 5.75 Å². The number of aromatic nitrogens is 2. The van der Waals surface area contributed by atoms with E-state index in [0.29, 0.717) is 18.2 Å². The molecular formula is C22H27N5O3. The molecule has 3 heterocycles. The number of ether oxygens (including phenoxy) is 1. The first-order valence-electron chi connectivity index (χ1n) is 10.4. The Labute approximate surface area is 176 Å². The van der Waals surface area contributed by atoms with Gasteiger partial charge in [-0.1, -0.05) is 6.92 Å². The summed E-state index contributed by atoms with van der Waals surface area (Å²) >= 11 is 0. The van der Waals surface area contributed by atoms with Crippen molar-refractivity contribution in [2.24, 2.45) is 11.8 Å². The SMILES string of the molecule is COc1ccc(N2CC(C(=O)Nc3cnc(N4CCC(C)CC4)nc3)CC2=O)cc1. The maximum atomic E-state index is 12.7. The van der Waals surface area contributed by atoms with Crippen molar-refractivity contribution < 1.29 is 14.3 Å². The topological polar surface area (TPSA) is 87.7 Å². The molecule has 0 spiro atoms. The third kappa shape index (κ3) is 4.37. The molecule has 2 amide bonds. The van der Waals surface area contributed by atoms with Gasteiger partial charge in [-0.3, -0.25) is 9.59 Å². The maximum absolute atomic E-state index is 12.7. The van der Waals surface area contributed by atoms with Gasteiger partial charge in [-0.15, -0.1) is 0 Å². The van der Waals surface area contributed by atoms with Crippen molar-refractivity contribution in [2.45, 2.75) is 26.2 Å². The first-order chi connectivity index (χ1) is 14.5. The van der Waals surface area contributed by atoms with E-state index in [4.69, 9.17) is 4.74 Å². The van der Waals surface area contributed by atoms with E-state index in [-0.39, 0.29) is 18.2 Å². The Morgan fingerprint density at radius 1 is 1.13 bits per heavy atom. The monoisotopic (exact) mass is 409 g/mol. The van der Waals surface area contributed by atoms with Crippen LogP contribution in [0.1, 0.15) is 26.2 Å². The summed E-state index contributed by atoms with van der Waals surface area (Å²) in [4.78, 5) is 37.7. The number of hydrogen-bond acceptors (Lipinski definition) is 6. The predicted molar refractivity (Wildman–Crippen MR) is 115 cm³/mol. The van der Waals surface area contributed by atoms with E-state index >= 15 is 0 Å². The lowest BCUT2D eigenvalue weighted by Gasteiger charge is -2.30. The molecule has 1 unspecified atom stereocenters. The van der Waals surface area contributed by atoms with E-state index in [0.717, 1.165) is 43.3 Å². The lowest BCUT2D eigenvalue weighted by molar-refractivity contribution is -0.122. The molecule has 1 atom stereocenters. The molecule has 0 bridgehead atoms. The van der Waals surface area contributed by atoms with Crippen LogP contribution in [0.2, 0.25) is 0 Å². The third-order valence-electron chi connectivity index (χ3n) is 5.85. The van der Waals surface area contributed by atoms with Crippen LogP contribution < -0.4 is 19.9 Å². The zero-order valence-corrected chi connectivity index (χ0v) is 17.4. The molecule has 4 rings (SSSR count). The van der Waals surface area contributed by atoms with Gasteiger partial charge >= 0.3 is 0 Å². The molecule has 1 aromatic heterocycles. The molecular weight excluding hydrogens is 382 g/mol. The van der Waals surface area contributed by atoms with Crippen LogP contribution in [-0.2, 0) is 9.59 Å². The lowest BCUT2D eigenvalue weighted by Crippen LogP contribution is -2.34. The Kier molecular flexibility index (Phi) is 5.83. The van der Waals surface area contributed by atoms with Crippen molar-refractivity contribution in [3.8, 4) is 5.75 Å². The zero-order valence-electron chi connectivity index (χ0n) is 17.4. The minimum absolute atomic E-state index is 0.0637. The second-order valence-electron chi connectivity index (χ2n) is 8.03. The van der Waals surface area contributed by atoms with E-state index in [1.54, 1.807) is 36.5 Å². The fourth-order valence-electron chi connectivity index (χ4n) is 3.90. The molecule has 2 aliphatic rings. The second kappa shape index (κ2) is 8.69. The van der Waals surface area contributed by atoms with Crippen molar-refractivity contribution in [2.75, 3.05) is 41.9 Å². The van der Waals surface area contributed by atoms with Crippen LogP contribution in [0.15, 0.2) is 36.7 Å². The molecule has 1 aromatic carbocycles. The minimum Gasteiger partial charge on any atom is -0.497 e. The maximum Gasteiger partial charge on any atom is 0.229 e. The molecule has 2 saturated heterocycles. The Hall–Kier alpha value is -3.16. The van der Waals surface area contributed by atoms with Crippen LogP contribution >= 0.6 is 0 Å². The van der Waals surface area contributed by atoms with Crippen LogP contribution in [0.4, 0.5) is 17.3 Å². The van der Waals surface area contributed by atoms with E-state index in [2.05, 4.69) is 27.1 Å². The van der Waals surface area contributed by atoms with Gasteiger partial charge in [0, 0.05) is 31.7 Å². The number of carbonyl (C=O) groups excluding carboxylic acids is 2. The highest BCUT2D eigenvalue weighted by Crippen LogP contribution is 2.27. The van der Waals surface area contributed by atoms with Crippen molar-refractivity contribution in [1.29, 1.82) is 0 Å². The Morgan fingerprint density at radius 2 is 1.80 bits per heavy atom. The largest absolute Gasteiger partial charge is 0.497 e. The molecule has 8 heteroatoms. The fraction of sp³-hybridized carbons (Fsp3) is 0.455. The highest BCUT2D eigenvalue weighted by Gasteiger charge is 2.35. The Bertz CT molecular complexity index is 892. The number of carbonyl (C=O) groups is 2. The number of benzene rings is 1. The van der Waals surface area contributed by atoms with Crippen molar-refractivity contribution in [3.63, 3.8) is 0 Å². The number of anilines is 3. The van der Waals surface area contributed by atoms with E-state index in [9.17, 15) is 9.59 Å². The summed E-state index contributed by atoms with van der Waals surface area (Å²) in [6, 6.07) is 7.26. The molecule has 1 N–H and O–H groups in total. The zero-order chi connectivity index (χ0) is 21.1. The number of methoxy groups -OCH3 is 1. The lowest BCUT2D eigenvalue weighted by atomic mass is 10.00. The summed E-state index contributed by atoms with van der Waals surface area (Å²) in [7, 11) is 1.60. The Balaban J connectivity index is 1.35. The quantitative estimate of drug-likeness (QED) is 0.817. The van der Waals surface area contributed by atoms with Gasteiger partial charge in [-0.2, -0.15) is 0 Å². The summed E-state index contributed by atoms with van der Waals surface area (Å²) < 4.78 is 5.15. The van der Waals surface area contributed by atoms with Gasteiger partial charge in [0.15, 0.2) is 0 Å². The summed E-state index contributed by atoms with van der Waals surface area (Å²) in [5, 5.41) is 2.85. The fourth-order valence-corrected chi connectivity index (χ4v) is 3.90. The average molecular weight is 409 g/mol. The summed E-state index contributed by atoms with van der Waals surface area (Å²) in [6.07, 6.45) is 5.74. The number of piperidine rings is 1. The van der Waals surface area contributed by atoms with Gasteiger partial charge in [0.05, 0.1) is 31.1 Å². The highest BCUT2D eigenvalue weighted by atomic mass is 16.5. The smallest absolute Gasteiger partial charge is 0.229 e. The predicted octanol–water partition coefficient (Wildman–Crippen LogP) is 2.71. The standard InChI is InChI=1S/C22H27N5O3/c1-15-7-9-26(10-8-15)22-23-12-17(13-24-22)25-21(29)16-11-20(28)27(14-16)18-3-5-19(30-2)6-4-18/h3-6,12-13,15-16H,7-11,14H2,1-2H3,(H,25,29). The van der Waals surface area contributed by atoms with E-state index in [1.165, 1.54) is 0 Å². The highest BCUT2D eigenvalue weighted by molar-refractivity contribution is 6.03. The first-order valence-corrected chi connectivity index (χ1v) is 10.4. The Morgan fingerprint density at radius 3 is 2.43 bits per heavy atom. The number of rotatable bonds is 5. The molecule has 0 aliphatic carbocycles. The molecule has 0 saturated carbocycles. The molecule has 8 nitrogen and oxygen atoms in total. The average Bonchev–Trinajstić information content (AvgIpc) is 3.17. The normalized spacial score (nSPS) is 19.8. The first kappa shape index (κ1) is 20.1. The van der Waals surface area contributed by atoms with Crippen LogP contribution in [0, 0.1) is 11.8 Å². The van der Waals surface area contributed by atoms with Crippen molar-refractivity contribution >= 4 is 29.1 Å². The minimum atomic E-state index is -0.414. The molecule has 158 valence electrons. The van der Waals surface area contributed by atoms with Crippen LogP contribution in [0.25, 0.3) is 0 Å². The van der Waals surface area contributed by atoms with Crippen LogP contribution in [0.3, 0.4) is 0 Å². The number of nitrogens with zero attached hydrogens (tertiary/aromatic N) is 4. The molecule has 2 aromatic rings. The molecule has 0 radical (unpaired) electrons. The van der Waals surface area contributed by atoms with Gasteiger partial charge < -0.3 is 19.9 Å². The van der Waals surface area contributed by atoms with Crippen molar-refractivity contribution in [1.82, 2.24) is 9.97 Å².